The molecule has 3 aromatic rings. The Hall–Kier alpha value is -3.61. The molecule has 1 amide bonds. The van der Waals surface area contributed by atoms with Crippen LogP contribution in [0.15, 0.2) is 43.0 Å². The van der Waals surface area contributed by atoms with Crippen LogP contribution >= 0.6 is 0 Å². The lowest BCUT2D eigenvalue weighted by molar-refractivity contribution is -0.122. The van der Waals surface area contributed by atoms with Crippen molar-refractivity contribution in [2.45, 2.75) is 32.4 Å². The standard InChI is InChI=1S/C22H23F2N7O3S/c1-14-3-4-15(9-26-20(32)11-30-13-25-12-27-30)7-17(14)18-5-6-19-21(28-18)29(2)35(33,34)31(19)10-16-8-22(16,23)24/h3-7,12-13,16H,8-11H2,1-2H3,(H,26,32). The number of fused-ring (bicyclic) bond motifs is 1. The van der Waals surface area contributed by atoms with Crippen LogP contribution in [0.2, 0.25) is 0 Å². The van der Waals surface area contributed by atoms with E-state index in [1.54, 1.807) is 12.1 Å². The molecule has 0 radical (unpaired) electrons. The third kappa shape index (κ3) is 4.31. The van der Waals surface area contributed by atoms with Crippen LogP contribution in [0.25, 0.3) is 11.3 Å². The fourth-order valence-electron chi connectivity index (χ4n) is 4.03. The number of aryl methyl sites for hydroxylation is 1. The van der Waals surface area contributed by atoms with E-state index in [1.165, 1.54) is 24.4 Å². The van der Waals surface area contributed by atoms with Gasteiger partial charge in [-0.3, -0.25) is 4.79 Å². The molecule has 0 bridgehead atoms. The first-order chi connectivity index (χ1) is 16.6. The lowest BCUT2D eigenvalue weighted by Gasteiger charge is -2.18. The second kappa shape index (κ2) is 8.26. The number of carbonyl (C=O) groups excluding carboxylic acids is 1. The Morgan fingerprint density at radius 2 is 2.03 bits per heavy atom. The molecule has 35 heavy (non-hydrogen) atoms. The summed E-state index contributed by atoms with van der Waals surface area (Å²) in [6, 6.07) is 8.94. The summed E-state index contributed by atoms with van der Waals surface area (Å²) in [5.41, 5.74) is 3.34. The average Bonchev–Trinajstić information content (AvgIpc) is 3.11. The fraction of sp³-hybridized carbons (Fsp3) is 0.364. The van der Waals surface area contributed by atoms with Gasteiger partial charge in [0.05, 0.1) is 11.4 Å². The largest absolute Gasteiger partial charge is 0.350 e. The van der Waals surface area contributed by atoms with Gasteiger partial charge in [-0.15, -0.1) is 0 Å². The number of alkyl halides is 2. The molecule has 5 rings (SSSR count). The van der Waals surface area contributed by atoms with E-state index in [-0.39, 0.29) is 43.5 Å². The van der Waals surface area contributed by atoms with Gasteiger partial charge in [0.25, 0.3) is 5.92 Å². The number of anilines is 2. The predicted octanol–water partition coefficient (Wildman–Crippen LogP) is 2.12. The highest BCUT2D eigenvalue weighted by Crippen LogP contribution is 2.51. The summed E-state index contributed by atoms with van der Waals surface area (Å²) in [4.78, 5) is 20.5. The summed E-state index contributed by atoms with van der Waals surface area (Å²) in [6.07, 6.45) is 2.49. The molecule has 2 aromatic heterocycles. The van der Waals surface area contributed by atoms with Gasteiger partial charge in [0, 0.05) is 38.0 Å². The quantitative estimate of drug-likeness (QED) is 0.529. The Labute approximate surface area is 200 Å². The zero-order valence-corrected chi connectivity index (χ0v) is 19.8. The number of rotatable bonds is 7. The Kier molecular flexibility index (Phi) is 5.46. The van der Waals surface area contributed by atoms with Crippen molar-refractivity contribution in [3.05, 3.63) is 54.1 Å². The molecule has 1 fully saturated rings. The third-order valence-electron chi connectivity index (χ3n) is 6.23. The summed E-state index contributed by atoms with van der Waals surface area (Å²) < 4.78 is 56.1. The molecule has 1 aliphatic carbocycles. The molecule has 1 saturated carbocycles. The molecule has 1 atom stereocenters. The molecule has 3 heterocycles. The number of nitrogens with zero attached hydrogens (tertiary/aromatic N) is 6. The van der Waals surface area contributed by atoms with Crippen molar-refractivity contribution >= 4 is 27.6 Å². The number of aromatic nitrogens is 4. The second-order valence-electron chi connectivity index (χ2n) is 8.73. The van der Waals surface area contributed by atoms with Crippen LogP contribution in [0.3, 0.4) is 0 Å². The first-order valence-electron chi connectivity index (χ1n) is 10.9. The molecule has 1 N–H and O–H groups in total. The van der Waals surface area contributed by atoms with Gasteiger partial charge >= 0.3 is 10.2 Å². The monoisotopic (exact) mass is 503 g/mol. The zero-order valence-electron chi connectivity index (χ0n) is 19.0. The Morgan fingerprint density at radius 3 is 2.71 bits per heavy atom. The van der Waals surface area contributed by atoms with Crippen LogP contribution < -0.4 is 13.9 Å². The normalized spacial score (nSPS) is 19.5. The molecular formula is C22H23F2N7O3S. The molecule has 1 unspecified atom stereocenters. The van der Waals surface area contributed by atoms with E-state index in [2.05, 4.69) is 20.4 Å². The summed E-state index contributed by atoms with van der Waals surface area (Å²) in [6.45, 7) is 1.95. The number of hydrogen-bond donors (Lipinski definition) is 1. The Morgan fingerprint density at radius 1 is 1.26 bits per heavy atom. The molecular weight excluding hydrogens is 480 g/mol. The lowest BCUT2D eigenvalue weighted by atomic mass is 10.0. The van der Waals surface area contributed by atoms with Crippen LogP contribution in [0, 0.1) is 12.8 Å². The van der Waals surface area contributed by atoms with Gasteiger partial charge in [0.15, 0.2) is 5.82 Å². The van der Waals surface area contributed by atoms with Gasteiger partial charge in [0.2, 0.25) is 5.91 Å². The van der Waals surface area contributed by atoms with Crippen molar-refractivity contribution in [1.82, 2.24) is 25.1 Å². The van der Waals surface area contributed by atoms with Gasteiger partial charge < -0.3 is 5.32 Å². The van der Waals surface area contributed by atoms with Gasteiger partial charge in [-0.2, -0.15) is 13.5 Å². The maximum absolute atomic E-state index is 13.5. The first-order valence-corrected chi connectivity index (χ1v) is 12.3. The first kappa shape index (κ1) is 23.1. The minimum atomic E-state index is -3.98. The van der Waals surface area contributed by atoms with E-state index in [9.17, 15) is 22.0 Å². The average molecular weight is 504 g/mol. The van der Waals surface area contributed by atoms with Gasteiger partial charge in [-0.05, 0) is 36.2 Å². The number of benzene rings is 1. The van der Waals surface area contributed by atoms with Crippen molar-refractivity contribution in [1.29, 1.82) is 0 Å². The molecule has 1 aromatic carbocycles. The molecule has 184 valence electrons. The summed E-state index contributed by atoms with van der Waals surface area (Å²) in [5.74, 6) is -3.85. The molecule has 0 spiro atoms. The van der Waals surface area contributed by atoms with Crippen molar-refractivity contribution in [3.8, 4) is 11.3 Å². The highest BCUT2D eigenvalue weighted by atomic mass is 32.2. The minimum Gasteiger partial charge on any atom is -0.350 e. The number of hydrogen-bond acceptors (Lipinski definition) is 6. The van der Waals surface area contributed by atoms with Gasteiger partial charge in [-0.25, -0.2) is 32.0 Å². The number of halogens is 2. The van der Waals surface area contributed by atoms with Crippen LogP contribution in [-0.2, 0) is 28.1 Å². The van der Waals surface area contributed by atoms with E-state index in [4.69, 9.17) is 0 Å². The van der Waals surface area contributed by atoms with Crippen LogP contribution in [-0.4, -0.2) is 53.6 Å². The Balaban J connectivity index is 1.37. The molecule has 0 saturated heterocycles. The predicted molar refractivity (Wildman–Crippen MR) is 124 cm³/mol. The van der Waals surface area contributed by atoms with Gasteiger partial charge in [-0.1, -0.05) is 12.1 Å². The Bertz CT molecular complexity index is 1400. The van der Waals surface area contributed by atoms with Crippen LogP contribution in [0.5, 0.6) is 0 Å². The third-order valence-corrected chi connectivity index (χ3v) is 8.00. The topological polar surface area (TPSA) is 113 Å². The number of nitrogens with one attached hydrogen (secondary N) is 1. The zero-order chi connectivity index (χ0) is 25.0. The van der Waals surface area contributed by atoms with Crippen molar-refractivity contribution in [3.63, 3.8) is 0 Å². The molecule has 13 heteroatoms. The van der Waals surface area contributed by atoms with E-state index < -0.39 is 22.0 Å². The van der Waals surface area contributed by atoms with Crippen LogP contribution in [0.1, 0.15) is 17.5 Å². The van der Waals surface area contributed by atoms with E-state index in [0.29, 0.717) is 5.69 Å². The molecule has 1 aliphatic heterocycles. The summed E-state index contributed by atoms with van der Waals surface area (Å²) >= 11 is 0. The second-order valence-corrected chi connectivity index (χ2v) is 10.6. The van der Waals surface area contributed by atoms with Crippen molar-refractivity contribution < 1.29 is 22.0 Å². The molecule has 2 aliphatic rings. The van der Waals surface area contributed by atoms with E-state index >= 15 is 0 Å². The van der Waals surface area contributed by atoms with Crippen LogP contribution in [0.4, 0.5) is 20.3 Å². The summed E-state index contributed by atoms with van der Waals surface area (Å²) in [5, 5.41) is 6.73. The smallest absolute Gasteiger partial charge is 0.327 e. The maximum Gasteiger partial charge on any atom is 0.327 e. The lowest BCUT2D eigenvalue weighted by Crippen LogP contribution is -2.37. The number of amides is 1. The minimum absolute atomic E-state index is 0.0508. The molecule has 10 nitrogen and oxygen atoms in total. The maximum atomic E-state index is 13.5. The van der Waals surface area contributed by atoms with E-state index in [1.807, 2.05) is 25.1 Å². The van der Waals surface area contributed by atoms with Gasteiger partial charge in [0.1, 0.15) is 19.2 Å². The van der Waals surface area contributed by atoms with E-state index in [0.717, 1.165) is 25.3 Å². The highest BCUT2D eigenvalue weighted by Gasteiger charge is 2.59. The van der Waals surface area contributed by atoms with Crippen molar-refractivity contribution in [2.75, 3.05) is 22.2 Å². The number of carbonyl (C=O) groups is 1. The fourth-order valence-corrected chi connectivity index (χ4v) is 5.44. The number of pyridine rings is 1. The summed E-state index contributed by atoms with van der Waals surface area (Å²) in [7, 11) is -2.61. The SMILES string of the molecule is Cc1ccc(CNC(=O)Cn2cncn2)cc1-c1ccc2c(n1)N(C)S(=O)(=O)N2CC1CC1(F)F. The van der Waals surface area contributed by atoms with Crippen molar-refractivity contribution in [2.24, 2.45) is 5.92 Å². The highest BCUT2D eigenvalue weighted by molar-refractivity contribution is 7.94.